The van der Waals surface area contributed by atoms with Crippen molar-refractivity contribution in [3.8, 4) is 0 Å². The second-order valence-electron chi connectivity index (χ2n) is 7.51. The van der Waals surface area contributed by atoms with Gasteiger partial charge >= 0.3 is 0 Å². The molecule has 0 aromatic heterocycles. The van der Waals surface area contributed by atoms with Crippen molar-refractivity contribution in [3.63, 3.8) is 0 Å². The maximum absolute atomic E-state index is 12.8. The van der Waals surface area contributed by atoms with Gasteiger partial charge in [0, 0.05) is 36.9 Å². The van der Waals surface area contributed by atoms with Crippen molar-refractivity contribution in [3.05, 3.63) is 24.3 Å². The summed E-state index contributed by atoms with van der Waals surface area (Å²) in [4.78, 5) is 27.2. The molecular formula is C21H34N4O2. The lowest BCUT2D eigenvalue weighted by molar-refractivity contribution is -0.126. The Labute approximate surface area is 162 Å². The standard InChI is InChI=1S/C21H34N4O2/c1-3-4-10-19(24-20(26)12-11-16(2)22)21(27)23-17-8-7-9-18(15-17)25-13-5-6-14-25/h7-9,15-16,19H,3-6,10-14,22H2,1-2H3,(H,23,27)(H,24,26). The van der Waals surface area contributed by atoms with Gasteiger partial charge in [-0.3, -0.25) is 9.59 Å². The first-order chi connectivity index (χ1) is 13.0. The molecular weight excluding hydrogens is 340 g/mol. The van der Waals surface area contributed by atoms with E-state index in [9.17, 15) is 9.59 Å². The first kappa shape index (κ1) is 21.2. The molecule has 6 heteroatoms. The summed E-state index contributed by atoms with van der Waals surface area (Å²) in [7, 11) is 0. The lowest BCUT2D eigenvalue weighted by atomic mass is 10.1. The molecule has 1 aliphatic rings. The van der Waals surface area contributed by atoms with Gasteiger partial charge in [-0.05, 0) is 50.8 Å². The Morgan fingerprint density at radius 2 is 1.96 bits per heavy atom. The van der Waals surface area contributed by atoms with Crippen LogP contribution in [0.4, 0.5) is 11.4 Å². The Hall–Kier alpha value is -2.08. The summed E-state index contributed by atoms with van der Waals surface area (Å²) in [6.07, 6.45) is 5.89. The number of anilines is 2. The van der Waals surface area contributed by atoms with Gasteiger partial charge in [-0.15, -0.1) is 0 Å². The Balaban J connectivity index is 1.97. The highest BCUT2D eigenvalue weighted by Crippen LogP contribution is 2.23. The molecule has 1 fully saturated rings. The minimum atomic E-state index is -0.513. The molecule has 0 bridgehead atoms. The minimum Gasteiger partial charge on any atom is -0.371 e. The van der Waals surface area contributed by atoms with Crippen molar-refractivity contribution in [2.45, 2.75) is 70.9 Å². The average molecular weight is 375 g/mol. The van der Waals surface area contributed by atoms with Crippen LogP contribution in [0.15, 0.2) is 24.3 Å². The van der Waals surface area contributed by atoms with E-state index in [1.54, 1.807) is 0 Å². The molecule has 2 rings (SSSR count). The Morgan fingerprint density at radius 1 is 1.22 bits per heavy atom. The highest BCUT2D eigenvalue weighted by Gasteiger charge is 2.21. The summed E-state index contributed by atoms with van der Waals surface area (Å²) >= 11 is 0. The van der Waals surface area contributed by atoms with Gasteiger partial charge in [-0.2, -0.15) is 0 Å². The van der Waals surface area contributed by atoms with Crippen LogP contribution < -0.4 is 21.3 Å². The molecule has 0 saturated carbocycles. The monoisotopic (exact) mass is 374 g/mol. The van der Waals surface area contributed by atoms with Crippen LogP contribution in [0.2, 0.25) is 0 Å². The third-order valence-electron chi connectivity index (χ3n) is 4.91. The number of carbonyl (C=O) groups excluding carboxylic acids is 2. The summed E-state index contributed by atoms with van der Waals surface area (Å²) in [5.41, 5.74) is 7.63. The zero-order valence-electron chi connectivity index (χ0n) is 16.7. The fourth-order valence-corrected chi connectivity index (χ4v) is 3.29. The van der Waals surface area contributed by atoms with E-state index < -0.39 is 6.04 Å². The van der Waals surface area contributed by atoms with Crippen LogP contribution in [0, 0.1) is 0 Å². The summed E-state index contributed by atoms with van der Waals surface area (Å²) < 4.78 is 0. The second-order valence-corrected chi connectivity index (χ2v) is 7.51. The number of benzene rings is 1. The highest BCUT2D eigenvalue weighted by molar-refractivity contribution is 5.97. The number of unbranched alkanes of at least 4 members (excludes halogenated alkanes) is 1. The summed E-state index contributed by atoms with van der Waals surface area (Å²) in [5.74, 6) is -0.273. The van der Waals surface area contributed by atoms with Crippen molar-refractivity contribution >= 4 is 23.2 Å². The Morgan fingerprint density at radius 3 is 2.63 bits per heavy atom. The van der Waals surface area contributed by atoms with Gasteiger partial charge in [0.25, 0.3) is 0 Å². The summed E-state index contributed by atoms with van der Waals surface area (Å²) in [5, 5.41) is 5.86. The molecule has 0 radical (unpaired) electrons. The lowest BCUT2D eigenvalue weighted by Crippen LogP contribution is -2.44. The molecule has 1 heterocycles. The van der Waals surface area contributed by atoms with E-state index in [1.807, 2.05) is 25.1 Å². The Kier molecular flexibility index (Phi) is 8.58. The number of nitrogens with one attached hydrogen (secondary N) is 2. The van der Waals surface area contributed by atoms with Gasteiger partial charge in [-0.1, -0.05) is 25.8 Å². The number of rotatable bonds is 10. The fourth-order valence-electron chi connectivity index (χ4n) is 3.29. The molecule has 1 aromatic carbocycles. The molecule has 2 unspecified atom stereocenters. The maximum atomic E-state index is 12.8. The summed E-state index contributed by atoms with van der Waals surface area (Å²) in [6.45, 7) is 6.08. The minimum absolute atomic E-state index is 0.0213. The number of hydrogen-bond donors (Lipinski definition) is 3. The van der Waals surface area contributed by atoms with Crippen molar-refractivity contribution in [1.82, 2.24) is 5.32 Å². The third kappa shape index (κ3) is 7.21. The van der Waals surface area contributed by atoms with E-state index in [0.29, 0.717) is 19.3 Å². The van der Waals surface area contributed by atoms with E-state index in [1.165, 1.54) is 12.8 Å². The highest BCUT2D eigenvalue weighted by atomic mass is 16.2. The van der Waals surface area contributed by atoms with Gasteiger partial charge in [0.1, 0.15) is 6.04 Å². The predicted octanol–water partition coefficient (Wildman–Crippen LogP) is 3.03. The van der Waals surface area contributed by atoms with Crippen LogP contribution in [0.3, 0.4) is 0 Å². The topological polar surface area (TPSA) is 87.5 Å². The largest absolute Gasteiger partial charge is 0.371 e. The zero-order valence-corrected chi connectivity index (χ0v) is 16.7. The predicted molar refractivity (Wildman–Crippen MR) is 111 cm³/mol. The fraction of sp³-hybridized carbons (Fsp3) is 0.619. The van der Waals surface area contributed by atoms with Crippen LogP contribution in [-0.2, 0) is 9.59 Å². The molecule has 1 saturated heterocycles. The number of nitrogens with zero attached hydrogens (tertiary/aromatic N) is 1. The lowest BCUT2D eigenvalue weighted by Gasteiger charge is -2.21. The molecule has 0 aliphatic carbocycles. The van der Waals surface area contributed by atoms with E-state index in [2.05, 4.69) is 28.5 Å². The van der Waals surface area contributed by atoms with Crippen LogP contribution in [-0.4, -0.2) is 37.0 Å². The van der Waals surface area contributed by atoms with Crippen molar-refractivity contribution in [1.29, 1.82) is 0 Å². The normalized spacial score (nSPS) is 16.0. The van der Waals surface area contributed by atoms with E-state index in [4.69, 9.17) is 5.73 Å². The van der Waals surface area contributed by atoms with Gasteiger partial charge in [0.15, 0.2) is 0 Å². The number of nitrogens with two attached hydrogens (primary N) is 1. The van der Waals surface area contributed by atoms with Crippen LogP contribution in [0.5, 0.6) is 0 Å². The molecule has 2 amide bonds. The van der Waals surface area contributed by atoms with E-state index >= 15 is 0 Å². The quantitative estimate of drug-likeness (QED) is 0.587. The van der Waals surface area contributed by atoms with Crippen LogP contribution >= 0.6 is 0 Å². The van der Waals surface area contributed by atoms with Gasteiger partial charge < -0.3 is 21.3 Å². The van der Waals surface area contributed by atoms with E-state index in [-0.39, 0.29) is 17.9 Å². The number of hydrogen-bond acceptors (Lipinski definition) is 4. The molecule has 4 N–H and O–H groups in total. The first-order valence-electron chi connectivity index (χ1n) is 10.2. The van der Waals surface area contributed by atoms with E-state index in [0.717, 1.165) is 37.3 Å². The first-order valence-corrected chi connectivity index (χ1v) is 10.2. The number of carbonyl (C=O) groups is 2. The molecule has 1 aliphatic heterocycles. The van der Waals surface area contributed by atoms with Gasteiger partial charge in [-0.25, -0.2) is 0 Å². The zero-order chi connectivity index (χ0) is 19.6. The maximum Gasteiger partial charge on any atom is 0.246 e. The van der Waals surface area contributed by atoms with Crippen molar-refractivity contribution in [2.24, 2.45) is 5.73 Å². The van der Waals surface area contributed by atoms with Crippen LogP contribution in [0.1, 0.15) is 58.8 Å². The van der Waals surface area contributed by atoms with Gasteiger partial charge in [0.2, 0.25) is 11.8 Å². The molecule has 1 aromatic rings. The second kappa shape index (κ2) is 10.9. The average Bonchev–Trinajstić information content (AvgIpc) is 3.18. The number of amides is 2. The molecule has 6 nitrogen and oxygen atoms in total. The molecule has 0 spiro atoms. The molecule has 27 heavy (non-hydrogen) atoms. The molecule has 2 atom stereocenters. The summed E-state index contributed by atoms with van der Waals surface area (Å²) in [6, 6.07) is 7.41. The van der Waals surface area contributed by atoms with Crippen LogP contribution in [0.25, 0.3) is 0 Å². The smallest absolute Gasteiger partial charge is 0.246 e. The Bertz CT molecular complexity index is 612. The van der Waals surface area contributed by atoms with Crippen molar-refractivity contribution in [2.75, 3.05) is 23.3 Å². The van der Waals surface area contributed by atoms with Crippen molar-refractivity contribution < 1.29 is 9.59 Å². The SMILES string of the molecule is CCCCC(NC(=O)CCC(C)N)C(=O)Nc1cccc(N2CCCC2)c1. The third-order valence-corrected chi connectivity index (χ3v) is 4.91. The molecule has 150 valence electrons. The van der Waals surface area contributed by atoms with Gasteiger partial charge in [0.05, 0.1) is 0 Å².